The summed E-state index contributed by atoms with van der Waals surface area (Å²) in [5, 5.41) is 4.60. The Labute approximate surface area is 252 Å². The minimum atomic E-state index is 0.603. The van der Waals surface area contributed by atoms with Gasteiger partial charge in [0.2, 0.25) is 0 Å². The van der Waals surface area contributed by atoms with Crippen molar-refractivity contribution < 1.29 is 4.42 Å². The highest BCUT2D eigenvalue weighted by atomic mass is 16.3. The van der Waals surface area contributed by atoms with Crippen molar-refractivity contribution in [2.24, 2.45) is 0 Å². The van der Waals surface area contributed by atoms with E-state index in [2.05, 4.69) is 83.4 Å². The van der Waals surface area contributed by atoms with Crippen molar-refractivity contribution in [3.8, 4) is 39.9 Å². The normalized spacial score (nSPS) is 11.6. The molecule has 6 aromatic carbocycles. The fourth-order valence-corrected chi connectivity index (χ4v) is 6.18. The van der Waals surface area contributed by atoms with Crippen molar-refractivity contribution in [2.45, 2.75) is 0 Å². The zero-order valence-electron chi connectivity index (χ0n) is 23.6. The van der Waals surface area contributed by atoms with Crippen LogP contribution in [0.15, 0.2) is 150 Å². The van der Waals surface area contributed by atoms with Gasteiger partial charge in [0.1, 0.15) is 11.2 Å². The number of benzene rings is 6. The largest absolute Gasteiger partial charge is 0.456 e. The van der Waals surface area contributed by atoms with E-state index in [0.717, 1.165) is 44.3 Å². The molecule has 0 saturated heterocycles. The van der Waals surface area contributed by atoms with Crippen LogP contribution in [0, 0.1) is 0 Å². The van der Waals surface area contributed by atoms with Crippen LogP contribution >= 0.6 is 0 Å². The molecule has 0 aliphatic rings. The highest BCUT2D eigenvalue weighted by Crippen LogP contribution is 2.36. The van der Waals surface area contributed by atoms with Crippen LogP contribution in [-0.2, 0) is 0 Å². The third-order valence-electron chi connectivity index (χ3n) is 8.25. The van der Waals surface area contributed by atoms with Crippen molar-refractivity contribution in [1.82, 2.24) is 19.5 Å². The molecule has 0 N–H and O–H groups in total. The number of furan rings is 1. The summed E-state index contributed by atoms with van der Waals surface area (Å²) >= 11 is 0. The van der Waals surface area contributed by atoms with Gasteiger partial charge in [-0.3, -0.25) is 0 Å². The van der Waals surface area contributed by atoms with Gasteiger partial charge in [0.15, 0.2) is 17.5 Å². The Morgan fingerprint density at radius 3 is 1.45 bits per heavy atom. The Balaban J connectivity index is 1.19. The van der Waals surface area contributed by atoms with E-state index in [4.69, 9.17) is 19.4 Å². The van der Waals surface area contributed by atoms with Crippen molar-refractivity contribution in [3.63, 3.8) is 0 Å². The Morgan fingerprint density at radius 2 is 0.864 bits per heavy atom. The van der Waals surface area contributed by atoms with Crippen LogP contribution in [0.4, 0.5) is 0 Å². The molecule has 0 aliphatic heterocycles. The molecule has 0 spiro atoms. The van der Waals surface area contributed by atoms with E-state index in [1.165, 1.54) is 21.8 Å². The molecule has 0 bridgehead atoms. The van der Waals surface area contributed by atoms with Gasteiger partial charge >= 0.3 is 0 Å². The lowest BCUT2D eigenvalue weighted by molar-refractivity contribution is 0.668. The maximum atomic E-state index is 6.52. The van der Waals surface area contributed by atoms with Gasteiger partial charge in [0, 0.05) is 50.0 Å². The third-order valence-corrected chi connectivity index (χ3v) is 8.25. The summed E-state index contributed by atoms with van der Waals surface area (Å²) in [5.41, 5.74) is 7.78. The first-order valence-electron chi connectivity index (χ1n) is 14.6. The Kier molecular flexibility index (Phi) is 5.43. The van der Waals surface area contributed by atoms with Crippen molar-refractivity contribution >= 4 is 43.7 Å². The Morgan fingerprint density at radius 1 is 0.386 bits per heavy atom. The molecular formula is C39H24N4O. The number of para-hydroxylation sites is 2. The van der Waals surface area contributed by atoms with E-state index in [9.17, 15) is 0 Å². The molecule has 0 aliphatic carbocycles. The average molecular weight is 565 g/mol. The number of fused-ring (bicyclic) bond motifs is 6. The second-order valence-electron chi connectivity index (χ2n) is 10.9. The molecule has 0 unspecified atom stereocenters. The van der Waals surface area contributed by atoms with Crippen LogP contribution in [0.2, 0.25) is 0 Å². The summed E-state index contributed by atoms with van der Waals surface area (Å²) < 4.78 is 8.83. The van der Waals surface area contributed by atoms with Gasteiger partial charge in [-0.1, -0.05) is 103 Å². The van der Waals surface area contributed by atoms with Crippen LogP contribution in [-0.4, -0.2) is 19.5 Å². The predicted molar refractivity (Wildman–Crippen MR) is 178 cm³/mol. The second kappa shape index (κ2) is 9.75. The quantitative estimate of drug-likeness (QED) is 0.213. The Bertz CT molecular complexity index is 2380. The summed E-state index contributed by atoms with van der Waals surface area (Å²) in [7, 11) is 0. The summed E-state index contributed by atoms with van der Waals surface area (Å²) in [5.74, 6) is 1.87. The molecule has 44 heavy (non-hydrogen) atoms. The molecule has 5 heteroatoms. The molecular weight excluding hydrogens is 540 g/mol. The lowest BCUT2D eigenvalue weighted by Gasteiger charge is -2.08. The first kappa shape index (κ1) is 24.5. The molecule has 3 heterocycles. The summed E-state index contributed by atoms with van der Waals surface area (Å²) in [6.07, 6.45) is 0. The third kappa shape index (κ3) is 3.91. The summed E-state index contributed by atoms with van der Waals surface area (Å²) in [6.45, 7) is 0. The number of hydrogen-bond donors (Lipinski definition) is 0. The number of rotatable bonds is 4. The summed E-state index contributed by atoms with van der Waals surface area (Å²) in [4.78, 5) is 14.6. The van der Waals surface area contributed by atoms with Crippen LogP contribution in [0.3, 0.4) is 0 Å². The predicted octanol–water partition coefficient (Wildman–Crippen LogP) is 9.87. The molecule has 0 fully saturated rings. The minimum Gasteiger partial charge on any atom is -0.456 e. The van der Waals surface area contributed by atoms with Gasteiger partial charge in [0.05, 0.1) is 11.0 Å². The molecule has 0 atom stereocenters. The van der Waals surface area contributed by atoms with Crippen LogP contribution in [0.1, 0.15) is 0 Å². The number of hydrogen-bond acceptors (Lipinski definition) is 4. The van der Waals surface area contributed by atoms with Gasteiger partial charge in [-0.05, 0) is 36.4 Å². The second-order valence-corrected chi connectivity index (χ2v) is 10.9. The highest BCUT2D eigenvalue weighted by Gasteiger charge is 2.16. The SMILES string of the molecule is c1ccc(-c2nc(-c3ccccc3)nc(-c3ccc4c(c3)oc3cc(-n5c6ccccc6c6ccccc65)ccc34)n2)cc1. The van der Waals surface area contributed by atoms with E-state index in [1.54, 1.807) is 0 Å². The van der Waals surface area contributed by atoms with Crippen molar-refractivity contribution in [2.75, 3.05) is 0 Å². The van der Waals surface area contributed by atoms with E-state index in [1.807, 2.05) is 66.7 Å². The smallest absolute Gasteiger partial charge is 0.164 e. The van der Waals surface area contributed by atoms with E-state index in [-0.39, 0.29) is 0 Å². The molecule has 9 rings (SSSR count). The maximum Gasteiger partial charge on any atom is 0.164 e. The standard InChI is InChI=1S/C39H24N4O/c1-3-11-25(12-4-1)37-40-38(26-13-5-2-6-14-26)42-39(41-37)27-19-21-31-32-22-20-28(24-36(32)44-35(31)23-27)43-33-17-9-7-15-29(33)30-16-8-10-18-34(30)43/h1-24H. The first-order valence-corrected chi connectivity index (χ1v) is 14.6. The molecule has 0 radical (unpaired) electrons. The van der Waals surface area contributed by atoms with Gasteiger partial charge in [-0.15, -0.1) is 0 Å². The zero-order chi connectivity index (χ0) is 29.0. The van der Waals surface area contributed by atoms with Gasteiger partial charge in [-0.25, -0.2) is 15.0 Å². The van der Waals surface area contributed by atoms with Crippen LogP contribution < -0.4 is 0 Å². The molecule has 3 aromatic heterocycles. The van der Waals surface area contributed by atoms with Crippen LogP contribution in [0.25, 0.3) is 83.6 Å². The van der Waals surface area contributed by atoms with Gasteiger partial charge < -0.3 is 8.98 Å². The van der Waals surface area contributed by atoms with Crippen LogP contribution in [0.5, 0.6) is 0 Å². The average Bonchev–Trinajstić information content (AvgIpc) is 3.63. The number of nitrogens with zero attached hydrogens (tertiary/aromatic N) is 4. The monoisotopic (exact) mass is 564 g/mol. The van der Waals surface area contributed by atoms with Crippen molar-refractivity contribution in [3.05, 3.63) is 146 Å². The van der Waals surface area contributed by atoms with E-state index < -0.39 is 0 Å². The lowest BCUT2D eigenvalue weighted by atomic mass is 10.1. The maximum absolute atomic E-state index is 6.52. The lowest BCUT2D eigenvalue weighted by Crippen LogP contribution is -2.00. The first-order chi connectivity index (χ1) is 21.8. The number of aromatic nitrogens is 4. The fraction of sp³-hybridized carbons (Fsp3) is 0. The molecule has 9 aromatic rings. The molecule has 5 nitrogen and oxygen atoms in total. The molecule has 0 saturated carbocycles. The highest BCUT2D eigenvalue weighted by molar-refractivity contribution is 6.10. The molecule has 0 amide bonds. The Hall–Kier alpha value is -6.07. The fourth-order valence-electron chi connectivity index (χ4n) is 6.18. The minimum absolute atomic E-state index is 0.603. The summed E-state index contributed by atoms with van der Waals surface area (Å²) in [6, 6.07) is 49.8. The topological polar surface area (TPSA) is 56.7 Å². The van der Waals surface area contributed by atoms with Gasteiger partial charge in [0.25, 0.3) is 0 Å². The van der Waals surface area contributed by atoms with E-state index in [0.29, 0.717) is 17.5 Å². The van der Waals surface area contributed by atoms with Crippen molar-refractivity contribution in [1.29, 1.82) is 0 Å². The zero-order valence-corrected chi connectivity index (χ0v) is 23.6. The van der Waals surface area contributed by atoms with E-state index >= 15 is 0 Å². The molecule has 206 valence electrons. The van der Waals surface area contributed by atoms with Gasteiger partial charge in [-0.2, -0.15) is 0 Å².